The number of Topliss-reactive ketones (excluding diaryl/α,β-unsaturated/α-hetero) is 1. The molecule has 0 N–H and O–H groups in total. The SMILES string of the molecule is CCOC(C)O[C@H]1C[C@@H](C(=O)OC)[C@]2(C)CC[C@H]3C(=O)O[C@H](c4ccoc4)C[C@]3(C)[C@H]2C1=O.Cl. The van der Waals surface area contributed by atoms with Crippen LogP contribution in [0.15, 0.2) is 23.0 Å². The van der Waals surface area contributed by atoms with Crippen molar-refractivity contribution in [3.8, 4) is 0 Å². The predicted octanol–water partition coefficient (Wildman–Crippen LogP) is 4.26. The van der Waals surface area contributed by atoms with Gasteiger partial charge in [0.25, 0.3) is 0 Å². The van der Waals surface area contributed by atoms with Crippen molar-refractivity contribution in [2.24, 2.45) is 28.6 Å². The number of ketones is 1. The van der Waals surface area contributed by atoms with Crippen LogP contribution in [0.2, 0.25) is 0 Å². The Kier molecular flexibility index (Phi) is 7.85. The van der Waals surface area contributed by atoms with Crippen LogP contribution in [-0.2, 0) is 33.3 Å². The van der Waals surface area contributed by atoms with E-state index in [0.717, 1.165) is 5.56 Å². The fourth-order valence-corrected chi connectivity index (χ4v) is 6.78. The lowest BCUT2D eigenvalue weighted by Crippen LogP contribution is -2.64. The first-order valence-electron chi connectivity index (χ1n) is 11.8. The molecule has 2 heterocycles. The molecule has 8 nitrogen and oxygen atoms in total. The summed E-state index contributed by atoms with van der Waals surface area (Å²) in [7, 11) is 1.37. The van der Waals surface area contributed by atoms with Crippen molar-refractivity contribution in [1.82, 2.24) is 0 Å². The molecule has 8 atom stereocenters. The van der Waals surface area contributed by atoms with Gasteiger partial charge in [-0.3, -0.25) is 14.4 Å². The third-order valence-corrected chi connectivity index (χ3v) is 8.26. The first-order chi connectivity index (χ1) is 15.7. The zero-order chi connectivity index (χ0) is 24.0. The molecule has 4 rings (SSSR count). The zero-order valence-corrected chi connectivity index (χ0v) is 21.2. The molecular weight excluding hydrogens is 464 g/mol. The molecule has 1 aromatic rings. The lowest BCUT2D eigenvalue weighted by atomic mass is 9.43. The van der Waals surface area contributed by atoms with E-state index in [0.29, 0.717) is 25.9 Å². The summed E-state index contributed by atoms with van der Waals surface area (Å²) in [5, 5.41) is 0. The number of hydrogen-bond donors (Lipinski definition) is 0. The molecule has 3 aliphatic rings. The molecule has 1 aliphatic heterocycles. The smallest absolute Gasteiger partial charge is 0.310 e. The highest BCUT2D eigenvalue weighted by atomic mass is 35.5. The Morgan fingerprint density at radius 2 is 2.00 bits per heavy atom. The number of hydrogen-bond acceptors (Lipinski definition) is 8. The van der Waals surface area contributed by atoms with Gasteiger partial charge in [0.05, 0.1) is 31.5 Å². The molecule has 1 aromatic heterocycles. The summed E-state index contributed by atoms with van der Waals surface area (Å²) in [5.41, 5.74) is -0.589. The molecule has 34 heavy (non-hydrogen) atoms. The summed E-state index contributed by atoms with van der Waals surface area (Å²) in [5.74, 6) is -2.24. The number of ether oxygens (including phenoxy) is 4. The van der Waals surface area contributed by atoms with Gasteiger partial charge in [-0.2, -0.15) is 0 Å². The van der Waals surface area contributed by atoms with Crippen molar-refractivity contribution in [3.63, 3.8) is 0 Å². The van der Waals surface area contributed by atoms with Gasteiger partial charge in [0, 0.05) is 18.1 Å². The Labute approximate surface area is 206 Å². The van der Waals surface area contributed by atoms with Gasteiger partial charge >= 0.3 is 11.9 Å². The van der Waals surface area contributed by atoms with Gasteiger partial charge in [-0.25, -0.2) is 0 Å². The van der Waals surface area contributed by atoms with Gasteiger partial charge in [-0.15, -0.1) is 12.4 Å². The minimum absolute atomic E-state index is 0. The molecule has 3 fully saturated rings. The fraction of sp³-hybridized carbons (Fsp3) is 0.720. The number of furan rings is 1. The van der Waals surface area contributed by atoms with Crippen LogP contribution in [0.25, 0.3) is 0 Å². The maximum Gasteiger partial charge on any atom is 0.310 e. The van der Waals surface area contributed by atoms with Gasteiger partial charge in [0.2, 0.25) is 0 Å². The maximum atomic E-state index is 14.0. The number of methoxy groups -OCH3 is 1. The molecule has 2 saturated carbocycles. The van der Waals surface area contributed by atoms with Crippen LogP contribution < -0.4 is 0 Å². The highest BCUT2D eigenvalue weighted by Crippen LogP contribution is 2.65. The number of rotatable bonds is 6. The normalized spacial score (nSPS) is 38.1. The Morgan fingerprint density at radius 1 is 1.26 bits per heavy atom. The van der Waals surface area contributed by atoms with E-state index >= 15 is 0 Å². The van der Waals surface area contributed by atoms with Crippen molar-refractivity contribution >= 4 is 30.1 Å². The Bertz CT molecular complexity index is 901. The minimum atomic E-state index is -0.811. The van der Waals surface area contributed by atoms with E-state index in [9.17, 15) is 14.4 Å². The van der Waals surface area contributed by atoms with Crippen LogP contribution in [0.3, 0.4) is 0 Å². The molecule has 2 aliphatic carbocycles. The first kappa shape index (κ1) is 26.7. The third kappa shape index (κ3) is 4.29. The second-order valence-electron chi connectivity index (χ2n) is 10.1. The van der Waals surface area contributed by atoms with E-state index in [-0.39, 0.29) is 36.5 Å². The molecule has 0 radical (unpaired) electrons. The lowest BCUT2D eigenvalue weighted by Gasteiger charge is -2.61. The third-order valence-electron chi connectivity index (χ3n) is 8.26. The molecule has 1 unspecified atom stereocenters. The van der Waals surface area contributed by atoms with Crippen molar-refractivity contribution in [2.75, 3.05) is 13.7 Å². The number of halogens is 1. The average molecular weight is 499 g/mol. The first-order valence-corrected chi connectivity index (χ1v) is 11.8. The van der Waals surface area contributed by atoms with Crippen LogP contribution in [0.4, 0.5) is 0 Å². The summed E-state index contributed by atoms with van der Waals surface area (Å²) < 4.78 is 27.7. The highest BCUT2D eigenvalue weighted by Gasteiger charge is 2.67. The van der Waals surface area contributed by atoms with Gasteiger partial charge in [0.15, 0.2) is 12.1 Å². The highest BCUT2D eigenvalue weighted by molar-refractivity contribution is 5.92. The summed E-state index contributed by atoms with van der Waals surface area (Å²) >= 11 is 0. The quantitative estimate of drug-likeness (QED) is 0.423. The van der Waals surface area contributed by atoms with E-state index in [1.807, 2.05) is 20.8 Å². The Balaban J connectivity index is 0.00000324. The van der Waals surface area contributed by atoms with Gasteiger partial charge in [0.1, 0.15) is 12.2 Å². The van der Waals surface area contributed by atoms with Crippen LogP contribution in [-0.4, -0.2) is 43.8 Å². The topological polar surface area (TPSA) is 101 Å². The molecule has 0 aromatic carbocycles. The van der Waals surface area contributed by atoms with E-state index in [4.69, 9.17) is 23.4 Å². The predicted molar refractivity (Wildman–Crippen MR) is 123 cm³/mol. The van der Waals surface area contributed by atoms with Crippen LogP contribution in [0.5, 0.6) is 0 Å². The summed E-state index contributed by atoms with van der Waals surface area (Å²) in [6.45, 7) is 8.03. The molecule has 190 valence electrons. The van der Waals surface area contributed by atoms with E-state index in [1.54, 1.807) is 25.5 Å². The van der Waals surface area contributed by atoms with Crippen molar-refractivity contribution in [2.45, 2.75) is 71.9 Å². The van der Waals surface area contributed by atoms with Gasteiger partial charge in [-0.1, -0.05) is 13.8 Å². The molecule has 1 saturated heterocycles. The number of carbonyl (C=O) groups excluding carboxylic acids is 3. The lowest BCUT2D eigenvalue weighted by molar-refractivity contribution is -0.222. The van der Waals surface area contributed by atoms with Crippen LogP contribution in [0, 0.1) is 28.6 Å². The molecule has 0 spiro atoms. The summed E-state index contributed by atoms with van der Waals surface area (Å²) in [6.07, 6.45) is 3.03. The van der Waals surface area contributed by atoms with E-state index in [2.05, 4.69) is 0 Å². The van der Waals surface area contributed by atoms with E-state index in [1.165, 1.54) is 7.11 Å². The minimum Gasteiger partial charge on any atom is -0.472 e. The second-order valence-corrected chi connectivity index (χ2v) is 10.1. The number of esters is 2. The standard InChI is InChI=1S/C25H34O8.ClH/c1-6-31-14(2)32-18-11-17(22(27)29-5)24(3)9-7-16-23(28)33-19(15-8-10-30-13-15)12-25(16,4)21(24)20(18)26;/h8,10,13-14,16-19,21H,6-7,9,11-12H2,1-5H3;1H/t14?,16-,17-,18-,19-,21-,24-,25-;/m0./s1. The molecular formula is C25H35ClO8. The van der Waals surface area contributed by atoms with Crippen LogP contribution in [0.1, 0.15) is 65.0 Å². The average Bonchev–Trinajstić information content (AvgIpc) is 3.29. The molecule has 9 heteroatoms. The number of cyclic esters (lactones) is 1. The van der Waals surface area contributed by atoms with Gasteiger partial charge < -0.3 is 23.4 Å². The largest absolute Gasteiger partial charge is 0.472 e. The molecule has 0 bridgehead atoms. The summed E-state index contributed by atoms with van der Waals surface area (Å²) in [4.78, 5) is 40.1. The maximum absolute atomic E-state index is 14.0. The monoisotopic (exact) mass is 498 g/mol. The van der Waals surface area contributed by atoms with Crippen molar-refractivity contribution in [1.29, 1.82) is 0 Å². The Morgan fingerprint density at radius 3 is 2.62 bits per heavy atom. The number of fused-ring (bicyclic) bond motifs is 3. The zero-order valence-electron chi connectivity index (χ0n) is 20.4. The second kappa shape index (κ2) is 9.99. The summed E-state index contributed by atoms with van der Waals surface area (Å²) in [6, 6.07) is 1.78. The van der Waals surface area contributed by atoms with Crippen molar-refractivity contribution in [3.05, 3.63) is 24.2 Å². The molecule has 0 amide bonds. The Hall–Kier alpha value is -1.90. The fourth-order valence-electron chi connectivity index (χ4n) is 6.78. The van der Waals surface area contributed by atoms with E-state index < -0.39 is 47.1 Å². The van der Waals surface area contributed by atoms with Crippen molar-refractivity contribution < 1.29 is 37.7 Å². The van der Waals surface area contributed by atoms with Crippen LogP contribution >= 0.6 is 12.4 Å². The van der Waals surface area contributed by atoms with Gasteiger partial charge in [-0.05, 0) is 56.4 Å². The number of carbonyl (C=O) groups is 3.